The van der Waals surface area contributed by atoms with Crippen molar-refractivity contribution in [2.24, 2.45) is 0 Å². The second-order valence-corrected chi connectivity index (χ2v) is 5.84. The van der Waals surface area contributed by atoms with Crippen LogP contribution in [-0.2, 0) is 10.8 Å². The third-order valence-corrected chi connectivity index (χ3v) is 5.02. The Morgan fingerprint density at radius 1 is 0.722 bits per heavy atom. The molecule has 0 aromatic carbocycles. The number of aromatic nitrogens is 2. The SMILES string of the molecule is CCC(C)(CC)c1ccc(C(C)(CC)CC)nn1. The van der Waals surface area contributed by atoms with E-state index in [1.807, 2.05) is 0 Å². The second kappa shape index (κ2) is 5.81. The minimum absolute atomic E-state index is 0.167. The van der Waals surface area contributed by atoms with Crippen LogP contribution in [0.25, 0.3) is 0 Å². The van der Waals surface area contributed by atoms with E-state index in [9.17, 15) is 0 Å². The molecule has 0 fully saturated rings. The van der Waals surface area contributed by atoms with E-state index in [0.29, 0.717) is 0 Å². The summed E-state index contributed by atoms with van der Waals surface area (Å²) in [6.07, 6.45) is 4.43. The molecule has 0 aliphatic rings. The average molecular weight is 248 g/mol. The molecule has 2 nitrogen and oxygen atoms in total. The Morgan fingerprint density at radius 2 is 1.00 bits per heavy atom. The van der Waals surface area contributed by atoms with E-state index >= 15 is 0 Å². The molecule has 1 aromatic rings. The molecule has 0 amide bonds. The fourth-order valence-corrected chi connectivity index (χ4v) is 2.20. The number of rotatable bonds is 6. The lowest BCUT2D eigenvalue weighted by Crippen LogP contribution is -2.25. The Kier molecular flexibility index (Phi) is 4.89. The van der Waals surface area contributed by atoms with E-state index < -0.39 is 0 Å². The summed E-state index contributed by atoms with van der Waals surface area (Å²) in [4.78, 5) is 0. The van der Waals surface area contributed by atoms with Gasteiger partial charge in [0.2, 0.25) is 0 Å². The van der Waals surface area contributed by atoms with Crippen molar-refractivity contribution in [2.45, 2.75) is 78.1 Å². The molecule has 0 radical (unpaired) electrons. The maximum atomic E-state index is 4.50. The zero-order valence-corrected chi connectivity index (χ0v) is 12.9. The highest BCUT2D eigenvalue weighted by Gasteiger charge is 2.27. The fraction of sp³-hybridized carbons (Fsp3) is 0.750. The van der Waals surface area contributed by atoms with Crippen LogP contribution in [0.1, 0.15) is 78.6 Å². The van der Waals surface area contributed by atoms with Gasteiger partial charge in [0.25, 0.3) is 0 Å². The highest BCUT2D eigenvalue weighted by Crippen LogP contribution is 2.32. The predicted molar refractivity (Wildman–Crippen MR) is 77.9 cm³/mol. The Morgan fingerprint density at radius 3 is 1.17 bits per heavy atom. The molecular formula is C16H28N2. The van der Waals surface area contributed by atoms with Crippen LogP contribution in [-0.4, -0.2) is 10.2 Å². The van der Waals surface area contributed by atoms with Gasteiger partial charge in [-0.3, -0.25) is 0 Å². The summed E-state index contributed by atoms with van der Waals surface area (Å²) in [7, 11) is 0. The molecule has 1 rings (SSSR count). The summed E-state index contributed by atoms with van der Waals surface area (Å²) in [5.41, 5.74) is 2.59. The van der Waals surface area contributed by atoms with Crippen LogP contribution in [0.5, 0.6) is 0 Å². The highest BCUT2D eigenvalue weighted by molar-refractivity contribution is 5.20. The van der Waals surface area contributed by atoms with Crippen LogP contribution in [0, 0.1) is 0 Å². The third kappa shape index (κ3) is 2.73. The first-order chi connectivity index (χ1) is 8.45. The Labute approximate surface area is 112 Å². The maximum Gasteiger partial charge on any atom is 0.0690 e. The Balaban J connectivity index is 3.06. The third-order valence-electron chi connectivity index (χ3n) is 5.02. The molecule has 0 bridgehead atoms. The summed E-state index contributed by atoms with van der Waals surface area (Å²) < 4.78 is 0. The Bertz CT molecular complexity index is 322. The van der Waals surface area contributed by atoms with Crippen molar-refractivity contribution in [3.05, 3.63) is 23.5 Å². The van der Waals surface area contributed by atoms with Crippen LogP contribution in [0.2, 0.25) is 0 Å². The van der Waals surface area contributed by atoms with Crippen molar-refractivity contribution in [1.29, 1.82) is 0 Å². The largest absolute Gasteiger partial charge is 0.155 e. The zero-order chi connectivity index (χ0) is 13.8. The molecule has 18 heavy (non-hydrogen) atoms. The lowest BCUT2D eigenvalue weighted by atomic mass is 9.79. The molecule has 0 saturated heterocycles. The van der Waals surface area contributed by atoms with E-state index in [1.54, 1.807) is 0 Å². The second-order valence-electron chi connectivity index (χ2n) is 5.84. The molecule has 0 aliphatic heterocycles. The van der Waals surface area contributed by atoms with Crippen molar-refractivity contribution in [1.82, 2.24) is 10.2 Å². The average Bonchev–Trinajstić information content (AvgIpc) is 2.45. The standard InChI is InChI=1S/C16H28N2/c1-7-15(5,8-2)13-11-12-14(18-17-13)16(6,9-3)10-4/h11-12H,7-10H2,1-6H3. The quantitative estimate of drug-likeness (QED) is 0.733. The fourth-order valence-electron chi connectivity index (χ4n) is 2.20. The van der Waals surface area contributed by atoms with Gasteiger partial charge in [-0.2, -0.15) is 10.2 Å². The van der Waals surface area contributed by atoms with Crippen molar-refractivity contribution >= 4 is 0 Å². The zero-order valence-electron chi connectivity index (χ0n) is 12.9. The van der Waals surface area contributed by atoms with Gasteiger partial charge in [-0.15, -0.1) is 0 Å². The number of hydrogen-bond donors (Lipinski definition) is 0. The molecule has 0 unspecified atom stereocenters. The van der Waals surface area contributed by atoms with E-state index in [-0.39, 0.29) is 10.8 Å². The van der Waals surface area contributed by atoms with Gasteiger partial charge in [-0.1, -0.05) is 41.5 Å². The molecule has 0 atom stereocenters. The normalized spacial score (nSPS) is 12.8. The summed E-state index contributed by atoms with van der Waals surface area (Å²) in [5.74, 6) is 0. The van der Waals surface area contributed by atoms with Crippen LogP contribution in [0.3, 0.4) is 0 Å². The van der Waals surface area contributed by atoms with Gasteiger partial charge in [-0.25, -0.2) is 0 Å². The van der Waals surface area contributed by atoms with Gasteiger partial charge in [0.15, 0.2) is 0 Å². The van der Waals surface area contributed by atoms with Crippen LogP contribution in [0.15, 0.2) is 12.1 Å². The van der Waals surface area contributed by atoms with Crippen LogP contribution in [0.4, 0.5) is 0 Å². The molecular weight excluding hydrogens is 220 g/mol. The van der Waals surface area contributed by atoms with Crippen molar-refractivity contribution in [3.63, 3.8) is 0 Å². The van der Waals surface area contributed by atoms with Gasteiger partial charge in [0, 0.05) is 10.8 Å². The molecule has 1 heterocycles. The molecule has 0 N–H and O–H groups in total. The summed E-state index contributed by atoms with van der Waals surface area (Å²) in [5, 5.41) is 9.01. The van der Waals surface area contributed by atoms with Gasteiger partial charge in [0.05, 0.1) is 11.4 Å². The topological polar surface area (TPSA) is 25.8 Å². The van der Waals surface area contributed by atoms with Crippen molar-refractivity contribution < 1.29 is 0 Å². The predicted octanol–water partition coefficient (Wildman–Crippen LogP) is 4.63. The first-order valence-corrected chi connectivity index (χ1v) is 7.30. The van der Waals surface area contributed by atoms with E-state index in [0.717, 1.165) is 37.1 Å². The van der Waals surface area contributed by atoms with Crippen molar-refractivity contribution in [2.75, 3.05) is 0 Å². The summed E-state index contributed by atoms with van der Waals surface area (Å²) in [6.45, 7) is 13.4. The monoisotopic (exact) mass is 248 g/mol. The van der Waals surface area contributed by atoms with Gasteiger partial charge in [0.1, 0.15) is 0 Å². The van der Waals surface area contributed by atoms with E-state index in [2.05, 4.69) is 63.9 Å². The van der Waals surface area contributed by atoms with Crippen LogP contribution >= 0.6 is 0 Å². The number of nitrogens with zero attached hydrogens (tertiary/aromatic N) is 2. The lowest BCUT2D eigenvalue weighted by molar-refractivity contribution is 0.401. The van der Waals surface area contributed by atoms with E-state index in [1.165, 1.54) is 0 Å². The molecule has 1 aromatic heterocycles. The molecule has 0 spiro atoms. The molecule has 102 valence electrons. The minimum Gasteiger partial charge on any atom is -0.155 e. The molecule has 2 heteroatoms. The first kappa shape index (κ1) is 15.1. The highest BCUT2D eigenvalue weighted by atomic mass is 15.1. The molecule has 0 aliphatic carbocycles. The Hall–Kier alpha value is -0.920. The summed E-state index contributed by atoms with van der Waals surface area (Å²) in [6, 6.07) is 4.36. The van der Waals surface area contributed by atoms with Gasteiger partial charge < -0.3 is 0 Å². The van der Waals surface area contributed by atoms with E-state index in [4.69, 9.17) is 0 Å². The smallest absolute Gasteiger partial charge is 0.0690 e. The molecule has 0 saturated carbocycles. The van der Waals surface area contributed by atoms with Crippen LogP contribution < -0.4 is 0 Å². The van der Waals surface area contributed by atoms with Crippen molar-refractivity contribution in [3.8, 4) is 0 Å². The van der Waals surface area contributed by atoms with Gasteiger partial charge in [-0.05, 0) is 37.8 Å². The van der Waals surface area contributed by atoms with Gasteiger partial charge >= 0.3 is 0 Å². The summed E-state index contributed by atoms with van der Waals surface area (Å²) >= 11 is 0. The maximum absolute atomic E-state index is 4.50. The number of hydrogen-bond acceptors (Lipinski definition) is 2. The lowest BCUT2D eigenvalue weighted by Gasteiger charge is -2.28. The first-order valence-electron chi connectivity index (χ1n) is 7.30. The minimum atomic E-state index is 0.167.